The van der Waals surface area contributed by atoms with E-state index in [2.05, 4.69) is 9.84 Å². The number of carbonyl (C=O) groups is 2. The molecule has 1 N–H and O–H groups in total. The molecule has 1 heterocycles. The van der Waals surface area contributed by atoms with Crippen LogP contribution in [0.4, 0.5) is 13.2 Å². The third-order valence-corrected chi connectivity index (χ3v) is 3.01. The third-order valence-electron chi connectivity index (χ3n) is 3.01. The van der Waals surface area contributed by atoms with Gasteiger partial charge in [-0.15, -0.1) is 0 Å². The molecule has 1 unspecified atom stereocenters. The van der Waals surface area contributed by atoms with E-state index >= 15 is 0 Å². The molecule has 10 heteroatoms. The molecular formula is C13H16F3N3O4. The number of rotatable bonds is 5. The van der Waals surface area contributed by atoms with Crippen LogP contribution in [0.15, 0.2) is 16.9 Å². The molecule has 1 atom stereocenters. The van der Waals surface area contributed by atoms with Gasteiger partial charge in [0.25, 0.3) is 11.5 Å². The minimum Gasteiger partial charge on any atom is -0.464 e. The van der Waals surface area contributed by atoms with Gasteiger partial charge in [0, 0.05) is 12.6 Å². The lowest BCUT2D eigenvalue weighted by Gasteiger charge is -2.30. The molecular weight excluding hydrogens is 319 g/mol. The average Bonchev–Trinajstić information content (AvgIpc) is 2.46. The molecule has 0 radical (unpaired) electrons. The summed E-state index contributed by atoms with van der Waals surface area (Å²) in [6, 6.07) is 1.98. The minimum atomic E-state index is -5.08. The zero-order valence-electron chi connectivity index (χ0n) is 12.7. The Morgan fingerprint density at radius 2 is 1.91 bits per heavy atom. The topological polar surface area (TPSA) is 90.3 Å². The van der Waals surface area contributed by atoms with Gasteiger partial charge in [0.05, 0.1) is 6.61 Å². The number of alkyl halides is 3. The first-order valence-corrected chi connectivity index (χ1v) is 6.71. The maximum Gasteiger partial charge on any atom is 0.422 e. The van der Waals surface area contributed by atoms with Crippen LogP contribution in [0.3, 0.4) is 0 Å². The molecule has 0 aliphatic rings. The van der Waals surface area contributed by atoms with Crippen LogP contribution in [0.5, 0.6) is 0 Å². The van der Waals surface area contributed by atoms with Crippen molar-refractivity contribution in [3.8, 4) is 0 Å². The van der Waals surface area contributed by atoms with Crippen molar-refractivity contribution in [3.05, 3.63) is 28.2 Å². The van der Waals surface area contributed by atoms with Gasteiger partial charge in [0.2, 0.25) is 5.54 Å². The monoisotopic (exact) mass is 335 g/mol. The van der Waals surface area contributed by atoms with Gasteiger partial charge in [-0.25, -0.2) is 9.48 Å². The number of amides is 1. The summed E-state index contributed by atoms with van der Waals surface area (Å²) in [4.78, 5) is 35.0. The fourth-order valence-corrected chi connectivity index (χ4v) is 1.60. The lowest BCUT2D eigenvalue weighted by Crippen LogP contribution is -2.62. The number of hydrogen-bond acceptors (Lipinski definition) is 5. The Bertz CT molecular complexity index is 657. The van der Waals surface area contributed by atoms with E-state index in [4.69, 9.17) is 0 Å². The van der Waals surface area contributed by atoms with Crippen LogP contribution in [-0.4, -0.2) is 40.0 Å². The molecule has 1 aromatic heterocycles. The molecule has 0 aliphatic carbocycles. The lowest BCUT2D eigenvalue weighted by atomic mass is 10.0. The summed E-state index contributed by atoms with van der Waals surface area (Å²) in [5.74, 6) is -2.88. The number of aromatic nitrogens is 2. The minimum absolute atomic E-state index is 0.133. The molecule has 0 aromatic carbocycles. The van der Waals surface area contributed by atoms with E-state index in [0.717, 1.165) is 16.8 Å². The molecule has 1 rings (SSSR count). The molecule has 0 saturated heterocycles. The number of nitrogens with one attached hydrogen (secondary N) is 1. The summed E-state index contributed by atoms with van der Waals surface area (Å²) >= 11 is 0. The summed E-state index contributed by atoms with van der Waals surface area (Å²) in [6.07, 6.45) is -5.08. The first kappa shape index (κ1) is 18.7. The molecule has 1 aromatic rings. The van der Waals surface area contributed by atoms with E-state index in [1.54, 1.807) is 12.2 Å². The van der Waals surface area contributed by atoms with Crippen molar-refractivity contribution in [3.63, 3.8) is 0 Å². The van der Waals surface area contributed by atoms with Crippen molar-refractivity contribution in [1.29, 1.82) is 0 Å². The second-order valence-corrected chi connectivity index (χ2v) is 4.67. The van der Waals surface area contributed by atoms with E-state index in [9.17, 15) is 27.6 Å². The lowest BCUT2D eigenvalue weighted by molar-refractivity contribution is -0.207. The van der Waals surface area contributed by atoms with Gasteiger partial charge in [-0.05, 0) is 26.8 Å². The van der Waals surface area contributed by atoms with Gasteiger partial charge >= 0.3 is 12.1 Å². The van der Waals surface area contributed by atoms with Crippen molar-refractivity contribution in [2.75, 3.05) is 6.61 Å². The summed E-state index contributed by atoms with van der Waals surface area (Å²) in [6.45, 7) is 3.27. The smallest absolute Gasteiger partial charge is 0.422 e. The summed E-state index contributed by atoms with van der Waals surface area (Å²) in [7, 11) is 0. The van der Waals surface area contributed by atoms with Crippen molar-refractivity contribution in [2.45, 2.75) is 39.0 Å². The van der Waals surface area contributed by atoms with Gasteiger partial charge in [0.15, 0.2) is 0 Å². The van der Waals surface area contributed by atoms with Crippen LogP contribution in [0, 0.1) is 0 Å². The van der Waals surface area contributed by atoms with Crippen LogP contribution in [-0.2, 0) is 16.1 Å². The zero-order valence-corrected chi connectivity index (χ0v) is 12.7. The highest BCUT2D eigenvalue weighted by atomic mass is 19.4. The number of esters is 1. The molecule has 7 nitrogen and oxygen atoms in total. The second-order valence-electron chi connectivity index (χ2n) is 4.67. The Morgan fingerprint density at radius 3 is 2.39 bits per heavy atom. The normalized spacial score (nSPS) is 14.0. The van der Waals surface area contributed by atoms with Gasteiger partial charge in [-0.2, -0.15) is 18.3 Å². The highest BCUT2D eigenvalue weighted by Crippen LogP contribution is 2.31. The third kappa shape index (κ3) is 3.88. The van der Waals surface area contributed by atoms with E-state index in [1.165, 1.54) is 6.92 Å². The van der Waals surface area contributed by atoms with Crippen molar-refractivity contribution < 1.29 is 27.5 Å². The van der Waals surface area contributed by atoms with Crippen LogP contribution in [0.1, 0.15) is 31.3 Å². The van der Waals surface area contributed by atoms with Crippen LogP contribution >= 0.6 is 0 Å². The molecule has 128 valence electrons. The van der Waals surface area contributed by atoms with Crippen molar-refractivity contribution in [1.82, 2.24) is 15.1 Å². The maximum atomic E-state index is 13.2. The number of ether oxygens (including phenoxy) is 1. The molecule has 0 fully saturated rings. The van der Waals surface area contributed by atoms with E-state index < -0.39 is 34.8 Å². The Hall–Kier alpha value is -2.39. The van der Waals surface area contributed by atoms with E-state index in [1.807, 2.05) is 0 Å². The Kier molecular flexibility index (Phi) is 5.51. The van der Waals surface area contributed by atoms with Gasteiger partial charge in [-0.3, -0.25) is 9.59 Å². The number of aryl methyl sites for hydroxylation is 1. The first-order chi connectivity index (χ1) is 10.6. The van der Waals surface area contributed by atoms with E-state index in [0.29, 0.717) is 6.92 Å². The van der Waals surface area contributed by atoms with E-state index in [-0.39, 0.29) is 13.2 Å². The number of nitrogens with zero attached hydrogens (tertiary/aromatic N) is 2. The number of carbonyl (C=O) groups excluding carboxylic acids is 2. The number of hydrogen-bond donors (Lipinski definition) is 1. The molecule has 0 aliphatic heterocycles. The average molecular weight is 335 g/mol. The highest BCUT2D eigenvalue weighted by molar-refractivity contribution is 5.96. The Balaban J connectivity index is 3.16. The highest BCUT2D eigenvalue weighted by Gasteiger charge is 2.59. The summed E-state index contributed by atoms with van der Waals surface area (Å²) in [5, 5.41) is 5.22. The van der Waals surface area contributed by atoms with Crippen LogP contribution in [0.2, 0.25) is 0 Å². The fraction of sp³-hybridized carbons (Fsp3) is 0.538. The predicted molar refractivity (Wildman–Crippen MR) is 72.7 cm³/mol. The second kappa shape index (κ2) is 6.80. The molecule has 0 spiro atoms. The fourth-order valence-electron chi connectivity index (χ4n) is 1.60. The van der Waals surface area contributed by atoms with Crippen LogP contribution in [0.25, 0.3) is 0 Å². The quantitative estimate of drug-likeness (QED) is 0.807. The summed E-state index contributed by atoms with van der Waals surface area (Å²) < 4.78 is 44.8. The molecule has 0 bridgehead atoms. The number of halogens is 3. The SMILES string of the molecule is CCOC(=O)C(C)(NC(=O)c1ccc(=O)n(CC)n1)C(F)(F)F. The summed E-state index contributed by atoms with van der Waals surface area (Å²) in [5.41, 5.74) is -4.16. The first-order valence-electron chi connectivity index (χ1n) is 6.71. The van der Waals surface area contributed by atoms with Crippen LogP contribution < -0.4 is 10.9 Å². The van der Waals surface area contributed by atoms with Crippen molar-refractivity contribution in [2.24, 2.45) is 0 Å². The van der Waals surface area contributed by atoms with Gasteiger partial charge in [-0.1, -0.05) is 0 Å². The molecule has 0 saturated carbocycles. The predicted octanol–water partition coefficient (Wildman–Crippen LogP) is 0.877. The molecule has 1 amide bonds. The zero-order chi connectivity index (χ0) is 17.8. The maximum absolute atomic E-state index is 13.2. The van der Waals surface area contributed by atoms with Gasteiger partial charge in [0.1, 0.15) is 5.69 Å². The standard InChI is InChI=1S/C13H16F3N3O4/c1-4-19-9(20)7-6-8(18-19)10(21)17-12(3,13(14,15)16)11(22)23-5-2/h6-7H,4-5H2,1-3H3,(H,17,21). The van der Waals surface area contributed by atoms with Gasteiger partial charge < -0.3 is 10.1 Å². The molecule has 23 heavy (non-hydrogen) atoms. The Labute approximate surface area is 129 Å². The largest absolute Gasteiger partial charge is 0.464 e. The van der Waals surface area contributed by atoms with Crippen molar-refractivity contribution >= 4 is 11.9 Å². The Morgan fingerprint density at radius 1 is 1.30 bits per heavy atom.